The molecule has 0 fully saturated rings. The van der Waals surface area contributed by atoms with E-state index in [-0.39, 0.29) is 19.4 Å². The van der Waals surface area contributed by atoms with Crippen LogP contribution in [0.1, 0.15) is 6.29 Å². The summed E-state index contributed by atoms with van der Waals surface area (Å²) in [6, 6.07) is 0. The summed E-state index contributed by atoms with van der Waals surface area (Å²) in [4.78, 5) is 0. The third kappa shape index (κ3) is 5.21. The van der Waals surface area contributed by atoms with Crippen LogP contribution < -0.4 is 0 Å². The van der Waals surface area contributed by atoms with Gasteiger partial charge in [0.1, 0.15) is 0 Å². The maximum absolute atomic E-state index is 4.80. The van der Waals surface area contributed by atoms with Gasteiger partial charge in [0.15, 0.2) is 0 Å². The Morgan fingerprint density at radius 2 is 1.05 bits per heavy atom. The average molecular weight is 718 g/mol. The fraction of sp³-hybridized carbons (Fsp3) is 0.100. The van der Waals surface area contributed by atoms with Crippen LogP contribution in [0, 0.1) is 10.7 Å². The van der Waals surface area contributed by atoms with E-state index in [2.05, 4.69) is 83.1 Å². The third-order valence-corrected chi connectivity index (χ3v) is 4.09. The number of nitrogens with zero attached hydrogens (tertiary/aromatic N) is 6. The number of hydrogen-bond acceptors (Lipinski definition) is 3. The molecule has 0 N–H and O–H groups in total. The van der Waals surface area contributed by atoms with Crippen molar-refractivity contribution in [2.75, 3.05) is 0 Å². The number of aromatic nitrogens is 6. The van der Waals surface area contributed by atoms with Gasteiger partial charge in [-0.15, -0.1) is 0 Å². The van der Waals surface area contributed by atoms with Gasteiger partial charge in [-0.1, -0.05) is 0 Å². The summed E-state index contributed by atoms with van der Waals surface area (Å²) < 4.78 is 8.75. The zero-order valence-electron chi connectivity index (χ0n) is 10.5. The Morgan fingerprint density at radius 1 is 0.773 bits per heavy atom. The van der Waals surface area contributed by atoms with Crippen LogP contribution in [0.5, 0.6) is 0 Å². The summed E-state index contributed by atoms with van der Waals surface area (Å²) in [5.74, 6) is 0. The van der Waals surface area contributed by atoms with Crippen molar-refractivity contribution in [2.24, 2.45) is 0 Å². The van der Waals surface area contributed by atoms with Gasteiger partial charge in [-0.05, 0) is 67.8 Å². The van der Waals surface area contributed by atoms with Crippen LogP contribution in [0.15, 0.2) is 37.2 Å². The second-order valence-electron chi connectivity index (χ2n) is 3.82. The second kappa shape index (κ2) is 9.42. The van der Waals surface area contributed by atoms with Crippen LogP contribution in [0.4, 0.5) is 0 Å². The molecule has 12 heteroatoms. The minimum atomic E-state index is -0.226. The molecule has 0 spiro atoms. The topological polar surface area (TPSA) is 53.5 Å². The zero-order valence-corrected chi connectivity index (χ0v) is 19.7. The van der Waals surface area contributed by atoms with Crippen molar-refractivity contribution < 1.29 is 13.1 Å². The molecular weight excluding hydrogens is 711 g/mol. The number of rotatable bonds is 3. The molecule has 3 rings (SSSR count). The molecule has 3 aromatic heterocycles. The van der Waals surface area contributed by atoms with Gasteiger partial charge in [0.05, 0.1) is 29.3 Å². The van der Waals surface area contributed by atoms with E-state index in [1.54, 1.807) is 0 Å². The quantitative estimate of drug-likeness (QED) is 0.304. The Labute approximate surface area is 182 Å². The van der Waals surface area contributed by atoms with Crippen molar-refractivity contribution in [2.45, 2.75) is 6.29 Å². The van der Waals surface area contributed by atoms with Gasteiger partial charge >= 0.3 is 33.3 Å². The molecular formula is C10H7Cl2I3MnN6. The van der Waals surface area contributed by atoms with E-state index in [4.69, 9.17) is 20.2 Å². The first kappa shape index (κ1) is 19.2. The van der Waals surface area contributed by atoms with Gasteiger partial charge in [-0.25, -0.2) is 14.0 Å². The molecule has 0 radical (unpaired) electrons. The van der Waals surface area contributed by atoms with Crippen LogP contribution in [0.25, 0.3) is 0 Å². The van der Waals surface area contributed by atoms with Crippen LogP contribution in [-0.4, -0.2) is 29.3 Å². The van der Waals surface area contributed by atoms with Crippen LogP contribution in [0.2, 0.25) is 0 Å². The van der Waals surface area contributed by atoms with E-state index in [1.807, 2.05) is 51.2 Å². The van der Waals surface area contributed by atoms with E-state index in [0.29, 0.717) is 0 Å². The summed E-state index contributed by atoms with van der Waals surface area (Å²) in [7, 11) is 9.59. The molecule has 0 bridgehead atoms. The molecule has 22 heavy (non-hydrogen) atoms. The average Bonchev–Trinajstić information content (AvgIpc) is 3.16. The van der Waals surface area contributed by atoms with E-state index < -0.39 is 0 Å². The predicted molar refractivity (Wildman–Crippen MR) is 106 cm³/mol. The zero-order chi connectivity index (χ0) is 16.1. The van der Waals surface area contributed by atoms with Gasteiger partial charge < -0.3 is 0 Å². The summed E-state index contributed by atoms with van der Waals surface area (Å²) in [5.41, 5.74) is 0. The SMILES string of the molecule is Ic1cnn(C(n2cc(I)cn2)n2cc(I)cn2)c1.[Cl][Mn][Cl]. The Hall–Kier alpha value is 0.919. The number of hydrogen-bond donors (Lipinski definition) is 0. The van der Waals surface area contributed by atoms with E-state index in [9.17, 15) is 0 Å². The first-order valence-electron chi connectivity index (χ1n) is 5.51. The van der Waals surface area contributed by atoms with Crippen LogP contribution >= 0.6 is 88.0 Å². The molecule has 0 aliphatic rings. The third-order valence-electron chi connectivity index (χ3n) is 2.42. The van der Waals surface area contributed by atoms with E-state index in [1.165, 1.54) is 0 Å². The van der Waals surface area contributed by atoms with Gasteiger partial charge in [0.25, 0.3) is 0 Å². The standard InChI is InChI=1S/C10H7I3N6.2ClH.Mn/c11-7-1-14-17(4-7)10(18-5-8(12)2-15-18)19-6-9(13)3-16-19;;;/h1-6,10H;2*1H;/q;;;+2/p-2. The second-order valence-corrected chi connectivity index (χ2v) is 9.50. The van der Waals surface area contributed by atoms with Crippen molar-refractivity contribution >= 4 is 88.0 Å². The minimum absolute atomic E-state index is 0.00694. The molecule has 119 valence electrons. The summed E-state index contributed by atoms with van der Waals surface area (Å²) in [5, 5.41) is 13.1. The van der Waals surface area contributed by atoms with Gasteiger partial charge in [0, 0.05) is 18.6 Å². The van der Waals surface area contributed by atoms with Crippen LogP contribution in [-0.2, 0) is 13.1 Å². The van der Waals surface area contributed by atoms with E-state index in [0.717, 1.165) is 10.7 Å². The van der Waals surface area contributed by atoms with Gasteiger partial charge in [-0.3, -0.25) is 0 Å². The molecule has 0 unspecified atom stereocenters. The maximum atomic E-state index is 4.80. The molecule has 0 saturated heterocycles. The van der Waals surface area contributed by atoms with Crippen molar-refractivity contribution in [3.63, 3.8) is 0 Å². The molecule has 0 amide bonds. The van der Waals surface area contributed by atoms with E-state index >= 15 is 0 Å². The first-order chi connectivity index (χ1) is 10.5. The predicted octanol–water partition coefficient (Wildman–Crippen LogP) is 4.02. The Balaban J connectivity index is 0.000000545. The van der Waals surface area contributed by atoms with Crippen molar-refractivity contribution in [3.8, 4) is 0 Å². The summed E-state index contributed by atoms with van der Waals surface area (Å²) >= 11 is 6.72. The van der Waals surface area contributed by atoms with Crippen LogP contribution in [0.3, 0.4) is 0 Å². The molecule has 3 aromatic rings. The molecule has 6 nitrogen and oxygen atoms in total. The molecule has 3 heterocycles. The van der Waals surface area contributed by atoms with Crippen molar-refractivity contribution in [3.05, 3.63) is 47.9 Å². The monoisotopic (exact) mass is 717 g/mol. The summed E-state index contributed by atoms with van der Waals surface area (Å²) in [6.07, 6.45) is 11.1. The van der Waals surface area contributed by atoms with Gasteiger partial charge in [-0.2, -0.15) is 15.3 Å². The van der Waals surface area contributed by atoms with Crippen molar-refractivity contribution in [1.29, 1.82) is 0 Å². The fourth-order valence-electron chi connectivity index (χ4n) is 1.69. The summed E-state index contributed by atoms with van der Waals surface area (Å²) in [6.45, 7) is 0. The fourth-order valence-corrected chi connectivity index (χ4v) is 2.92. The normalized spacial score (nSPS) is 10.6. The Kier molecular flexibility index (Phi) is 8.24. The molecule has 0 aromatic carbocycles. The first-order valence-corrected chi connectivity index (χ1v) is 12.0. The van der Waals surface area contributed by atoms with Crippen molar-refractivity contribution in [1.82, 2.24) is 29.3 Å². The molecule has 0 aliphatic heterocycles. The molecule has 0 saturated carbocycles. The Bertz CT molecular complexity index is 634. The molecule has 0 atom stereocenters. The number of halogens is 5. The Morgan fingerprint density at radius 3 is 1.23 bits per heavy atom. The van der Waals surface area contributed by atoms with Gasteiger partial charge in [0.2, 0.25) is 6.29 Å². The molecule has 0 aliphatic carbocycles.